The second-order valence-electron chi connectivity index (χ2n) is 4.38. The van der Waals surface area contributed by atoms with Gasteiger partial charge in [0, 0.05) is 0 Å². The largest absolute Gasteiger partial charge is 0.497 e. The molecule has 0 unspecified atom stereocenters. The molecule has 0 atom stereocenters. The van der Waals surface area contributed by atoms with Crippen molar-refractivity contribution in [2.24, 2.45) is 5.73 Å². The van der Waals surface area contributed by atoms with Crippen LogP contribution in [0.2, 0.25) is 0 Å². The van der Waals surface area contributed by atoms with Gasteiger partial charge in [-0.2, -0.15) is 0 Å². The first-order valence-corrected chi connectivity index (χ1v) is 5.63. The molecule has 16 heavy (non-hydrogen) atoms. The molecule has 0 bridgehead atoms. The predicted octanol–water partition coefficient (Wildman–Crippen LogP) is 1.99. The quantitative estimate of drug-likeness (QED) is 0.845. The highest BCUT2D eigenvalue weighted by Crippen LogP contribution is 2.41. The molecule has 1 aromatic rings. The number of hydrogen-bond acceptors (Lipinski definition) is 2. The smallest absolute Gasteiger partial charge is 0.228 e. The Labute approximate surface area is 95.6 Å². The second-order valence-corrected chi connectivity index (χ2v) is 4.38. The van der Waals surface area contributed by atoms with E-state index in [1.807, 2.05) is 24.3 Å². The zero-order chi connectivity index (χ0) is 11.6. The number of benzene rings is 1. The first-order chi connectivity index (χ1) is 7.69. The van der Waals surface area contributed by atoms with Crippen molar-refractivity contribution in [2.45, 2.75) is 31.1 Å². The van der Waals surface area contributed by atoms with Gasteiger partial charge in [-0.05, 0) is 30.5 Å². The summed E-state index contributed by atoms with van der Waals surface area (Å²) in [6.45, 7) is 0. The fraction of sp³-hybridized carbons (Fsp3) is 0.462. The molecule has 0 heterocycles. The van der Waals surface area contributed by atoms with Gasteiger partial charge >= 0.3 is 0 Å². The van der Waals surface area contributed by atoms with Crippen LogP contribution in [0.15, 0.2) is 24.3 Å². The van der Waals surface area contributed by atoms with E-state index in [4.69, 9.17) is 10.5 Å². The summed E-state index contributed by atoms with van der Waals surface area (Å²) in [5.74, 6) is 0.608. The summed E-state index contributed by atoms with van der Waals surface area (Å²) in [5, 5.41) is 0. The highest BCUT2D eigenvalue weighted by molar-refractivity contribution is 5.87. The highest BCUT2D eigenvalue weighted by atomic mass is 16.5. The molecule has 3 nitrogen and oxygen atoms in total. The fourth-order valence-electron chi connectivity index (χ4n) is 2.57. The zero-order valence-electron chi connectivity index (χ0n) is 9.53. The summed E-state index contributed by atoms with van der Waals surface area (Å²) in [4.78, 5) is 11.7. The van der Waals surface area contributed by atoms with E-state index in [9.17, 15) is 4.79 Å². The van der Waals surface area contributed by atoms with Crippen LogP contribution in [0.4, 0.5) is 0 Å². The van der Waals surface area contributed by atoms with Gasteiger partial charge < -0.3 is 10.5 Å². The maximum absolute atomic E-state index is 11.7. The van der Waals surface area contributed by atoms with Crippen LogP contribution in [0.25, 0.3) is 0 Å². The lowest BCUT2D eigenvalue weighted by atomic mass is 9.78. The number of amides is 1. The maximum atomic E-state index is 11.7. The van der Waals surface area contributed by atoms with Gasteiger partial charge in [0.15, 0.2) is 0 Å². The molecule has 2 rings (SSSR count). The van der Waals surface area contributed by atoms with Gasteiger partial charge in [0.2, 0.25) is 5.91 Å². The van der Waals surface area contributed by atoms with Gasteiger partial charge in [0.25, 0.3) is 0 Å². The van der Waals surface area contributed by atoms with Crippen molar-refractivity contribution < 1.29 is 9.53 Å². The standard InChI is InChI=1S/C13H17NO2/c1-16-11-6-4-10(5-7-11)13(12(14)15)8-2-3-9-13/h4-7H,2-3,8-9H2,1H3,(H2,14,15). The summed E-state index contributed by atoms with van der Waals surface area (Å²) in [5.41, 5.74) is 6.15. The highest BCUT2D eigenvalue weighted by Gasteiger charge is 2.40. The number of methoxy groups -OCH3 is 1. The number of rotatable bonds is 3. The van der Waals surface area contributed by atoms with E-state index in [0.717, 1.165) is 37.0 Å². The molecule has 0 radical (unpaired) electrons. The number of ether oxygens (including phenoxy) is 1. The number of nitrogens with two attached hydrogens (primary N) is 1. The molecule has 0 aromatic heterocycles. The van der Waals surface area contributed by atoms with Crippen molar-refractivity contribution in [3.05, 3.63) is 29.8 Å². The molecule has 86 valence electrons. The zero-order valence-corrected chi connectivity index (χ0v) is 9.53. The van der Waals surface area contributed by atoms with Crippen molar-refractivity contribution in [2.75, 3.05) is 7.11 Å². The predicted molar refractivity (Wildman–Crippen MR) is 62.3 cm³/mol. The Morgan fingerprint density at radius 1 is 1.25 bits per heavy atom. The summed E-state index contributed by atoms with van der Waals surface area (Å²) >= 11 is 0. The number of carbonyl (C=O) groups excluding carboxylic acids is 1. The lowest BCUT2D eigenvalue weighted by Gasteiger charge is -2.25. The van der Waals surface area contributed by atoms with Gasteiger partial charge in [-0.25, -0.2) is 0 Å². The second kappa shape index (κ2) is 4.16. The molecule has 0 saturated heterocycles. The van der Waals surface area contributed by atoms with Crippen LogP contribution in [0.5, 0.6) is 5.75 Å². The van der Waals surface area contributed by atoms with Crippen molar-refractivity contribution >= 4 is 5.91 Å². The summed E-state index contributed by atoms with van der Waals surface area (Å²) in [6.07, 6.45) is 3.90. The minimum atomic E-state index is -0.438. The van der Waals surface area contributed by atoms with E-state index in [0.29, 0.717) is 0 Å². The Bertz CT molecular complexity index is 377. The average molecular weight is 219 g/mol. The van der Waals surface area contributed by atoms with E-state index >= 15 is 0 Å². The van der Waals surface area contributed by atoms with E-state index in [2.05, 4.69) is 0 Å². The average Bonchev–Trinajstić information content (AvgIpc) is 2.79. The first-order valence-electron chi connectivity index (χ1n) is 5.63. The van der Waals surface area contributed by atoms with Crippen molar-refractivity contribution in [3.63, 3.8) is 0 Å². The van der Waals surface area contributed by atoms with Crippen molar-refractivity contribution in [1.29, 1.82) is 0 Å². The van der Waals surface area contributed by atoms with Crippen LogP contribution in [0.3, 0.4) is 0 Å². The molecule has 1 amide bonds. The van der Waals surface area contributed by atoms with E-state index in [-0.39, 0.29) is 5.91 Å². The van der Waals surface area contributed by atoms with Crippen LogP contribution in [0.1, 0.15) is 31.2 Å². The third-order valence-electron chi connectivity index (χ3n) is 3.57. The van der Waals surface area contributed by atoms with E-state index < -0.39 is 5.41 Å². The molecular weight excluding hydrogens is 202 g/mol. The van der Waals surface area contributed by atoms with Crippen LogP contribution in [-0.4, -0.2) is 13.0 Å². The SMILES string of the molecule is COc1ccc(C2(C(N)=O)CCCC2)cc1. The minimum absolute atomic E-state index is 0.199. The third kappa shape index (κ3) is 1.66. The van der Waals surface area contributed by atoms with Gasteiger partial charge in [0.05, 0.1) is 12.5 Å². The Morgan fingerprint density at radius 3 is 2.25 bits per heavy atom. The lowest BCUT2D eigenvalue weighted by molar-refractivity contribution is -0.123. The molecule has 1 saturated carbocycles. The van der Waals surface area contributed by atoms with Crippen LogP contribution in [0, 0.1) is 0 Å². The summed E-state index contributed by atoms with van der Waals surface area (Å²) < 4.78 is 5.11. The summed E-state index contributed by atoms with van der Waals surface area (Å²) in [6, 6.07) is 7.68. The molecule has 1 aromatic carbocycles. The van der Waals surface area contributed by atoms with Crippen LogP contribution < -0.4 is 10.5 Å². The Balaban J connectivity index is 2.36. The van der Waals surface area contributed by atoms with Gasteiger partial charge in [-0.15, -0.1) is 0 Å². The van der Waals surface area contributed by atoms with Gasteiger partial charge in [-0.1, -0.05) is 25.0 Å². The topological polar surface area (TPSA) is 52.3 Å². The Kier molecular flexibility index (Phi) is 2.86. The number of primary amides is 1. The normalized spacial score (nSPS) is 18.3. The van der Waals surface area contributed by atoms with Crippen LogP contribution in [-0.2, 0) is 10.2 Å². The third-order valence-corrected chi connectivity index (χ3v) is 3.57. The Hall–Kier alpha value is -1.51. The monoisotopic (exact) mass is 219 g/mol. The molecule has 1 aliphatic rings. The van der Waals surface area contributed by atoms with Gasteiger partial charge in [-0.3, -0.25) is 4.79 Å². The number of hydrogen-bond donors (Lipinski definition) is 1. The molecule has 2 N–H and O–H groups in total. The van der Waals surface area contributed by atoms with Crippen molar-refractivity contribution in [3.8, 4) is 5.75 Å². The lowest BCUT2D eigenvalue weighted by Crippen LogP contribution is -2.38. The molecule has 0 spiro atoms. The molecule has 3 heteroatoms. The van der Waals surface area contributed by atoms with Crippen LogP contribution >= 0.6 is 0 Å². The number of carbonyl (C=O) groups is 1. The minimum Gasteiger partial charge on any atom is -0.497 e. The molecular formula is C13H17NO2. The maximum Gasteiger partial charge on any atom is 0.228 e. The van der Waals surface area contributed by atoms with E-state index in [1.54, 1.807) is 7.11 Å². The molecule has 1 aliphatic carbocycles. The molecule has 1 fully saturated rings. The molecule has 0 aliphatic heterocycles. The van der Waals surface area contributed by atoms with Crippen molar-refractivity contribution in [1.82, 2.24) is 0 Å². The fourth-order valence-corrected chi connectivity index (χ4v) is 2.57. The van der Waals surface area contributed by atoms with Gasteiger partial charge in [0.1, 0.15) is 5.75 Å². The first kappa shape index (κ1) is 11.0. The Morgan fingerprint density at radius 2 is 1.81 bits per heavy atom. The summed E-state index contributed by atoms with van der Waals surface area (Å²) in [7, 11) is 1.63. The van der Waals surface area contributed by atoms with E-state index in [1.165, 1.54) is 0 Å².